The van der Waals surface area contributed by atoms with Crippen molar-refractivity contribution in [3.63, 3.8) is 0 Å². The van der Waals surface area contributed by atoms with E-state index in [2.05, 4.69) is 25.7 Å². The second kappa shape index (κ2) is 8.35. The second-order valence-corrected chi connectivity index (χ2v) is 8.20. The molecule has 3 aromatic rings. The number of carbonyl (C=O) groups excluding carboxylic acids is 1. The van der Waals surface area contributed by atoms with Crippen molar-refractivity contribution in [2.75, 3.05) is 11.9 Å². The van der Waals surface area contributed by atoms with E-state index in [4.69, 9.17) is 0 Å². The lowest BCUT2D eigenvalue weighted by Crippen LogP contribution is -2.42. The van der Waals surface area contributed by atoms with E-state index in [1.165, 1.54) is 20.0 Å². The number of fused-ring (bicyclic) bond motifs is 1. The Morgan fingerprint density at radius 1 is 1.23 bits per heavy atom. The summed E-state index contributed by atoms with van der Waals surface area (Å²) in [6.07, 6.45) is 3.30. The molecule has 0 radical (unpaired) electrons. The van der Waals surface area contributed by atoms with Crippen molar-refractivity contribution in [2.24, 2.45) is 0 Å². The minimum Gasteiger partial charge on any atom is -0.387 e. The smallest absolute Gasteiger partial charge is 0.255 e. The molecule has 0 aliphatic rings. The van der Waals surface area contributed by atoms with Crippen LogP contribution in [0.3, 0.4) is 0 Å². The number of aliphatic hydroxyl groups is 1. The number of aromatic nitrogens is 4. The summed E-state index contributed by atoms with van der Waals surface area (Å²) in [4.78, 5) is 21.5. The van der Waals surface area contributed by atoms with E-state index < -0.39 is 17.7 Å². The van der Waals surface area contributed by atoms with E-state index in [0.717, 1.165) is 10.9 Å². The van der Waals surface area contributed by atoms with E-state index in [-0.39, 0.29) is 18.2 Å². The number of rotatable bonds is 7. The van der Waals surface area contributed by atoms with Gasteiger partial charge in [-0.15, -0.1) is 0 Å². The maximum Gasteiger partial charge on any atom is 0.255 e. The van der Waals surface area contributed by atoms with Crippen molar-refractivity contribution >= 4 is 22.6 Å². The molecule has 0 aliphatic carbocycles. The molecule has 8 nitrogen and oxygen atoms in total. The number of alkyl halides is 1. The van der Waals surface area contributed by atoms with Crippen molar-refractivity contribution in [1.29, 1.82) is 0 Å². The largest absolute Gasteiger partial charge is 0.387 e. The Kier molecular flexibility index (Phi) is 6.02. The number of hydrogen-bond donors (Lipinski definition) is 3. The van der Waals surface area contributed by atoms with E-state index in [0.29, 0.717) is 17.2 Å². The molecule has 1 atom stereocenters. The van der Waals surface area contributed by atoms with E-state index >= 15 is 0 Å². The lowest BCUT2D eigenvalue weighted by molar-refractivity contribution is -0.00177. The van der Waals surface area contributed by atoms with Crippen LogP contribution in [-0.4, -0.2) is 55.1 Å². The fourth-order valence-corrected chi connectivity index (χ4v) is 2.90. The highest BCUT2D eigenvalue weighted by atomic mass is 19.1. The van der Waals surface area contributed by atoms with E-state index in [1.807, 2.05) is 26.8 Å². The lowest BCUT2D eigenvalue weighted by Gasteiger charge is -2.23. The highest BCUT2D eigenvalue weighted by Gasteiger charge is 2.27. The van der Waals surface area contributed by atoms with Gasteiger partial charge >= 0.3 is 0 Å². The molecule has 3 N–H and O–H groups in total. The molecule has 3 heterocycles. The van der Waals surface area contributed by atoms with Crippen molar-refractivity contribution < 1.29 is 14.3 Å². The zero-order chi connectivity index (χ0) is 22.1. The predicted octanol–water partition coefficient (Wildman–Crippen LogP) is 2.78. The summed E-state index contributed by atoms with van der Waals surface area (Å²) in [5.41, 5.74) is 0.964. The number of amides is 1. The van der Waals surface area contributed by atoms with Gasteiger partial charge in [0.25, 0.3) is 5.91 Å². The summed E-state index contributed by atoms with van der Waals surface area (Å²) in [7, 11) is 0. The number of pyridine rings is 2. The molecule has 0 aromatic carbocycles. The average Bonchev–Trinajstić information content (AvgIpc) is 3.07. The first-order valence-corrected chi connectivity index (χ1v) is 9.78. The molecule has 160 valence electrons. The average molecular weight is 414 g/mol. The molecule has 1 amide bonds. The molecule has 0 fully saturated rings. The Labute approximate surface area is 174 Å². The van der Waals surface area contributed by atoms with Crippen molar-refractivity contribution in [2.45, 2.75) is 52.4 Å². The molecule has 9 heteroatoms. The summed E-state index contributed by atoms with van der Waals surface area (Å²) < 4.78 is 15.6. The monoisotopic (exact) mass is 414 g/mol. The minimum absolute atomic E-state index is 0.0484. The lowest BCUT2D eigenvalue weighted by atomic mass is 10.0. The van der Waals surface area contributed by atoms with Gasteiger partial charge in [0.1, 0.15) is 6.17 Å². The molecular weight excluding hydrogens is 387 g/mol. The van der Waals surface area contributed by atoms with Gasteiger partial charge in [-0.3, -0.25) is 4.79 Å². The maximum atomic E-state index is 14.0. The number of anilines is 1. The summed E-state index contributed by atoms with van der Waals surface area (Å²) in [5.74, 6) is 0.0177. The molecular formula is C21H27FN6O2. The van der Waals surface area contributed by atoms with Gasteiger partial charge in [0.2, 0.25) is 0 Å². The van der Waals surface area contributed by atoms with Crippen LogP contribution in [0.25, 0.3) is 16.9 Å². The quantitative estimate of drug-likeness (QED) is 0.549. The molecule has 30 heavy (non-hydrogen) atoms. The summed E-state index contributed by atoms with van der Waals surface area (Å²) in [6, 6.07) is 3.75. The summed E-state index contributed by atoms with van der Waals surface area (Å²) in [5, 5.41) is 20.7. The Hall–Kier alpha value is -3.07. The van der Waals surface area contributed by atoms with Crippen LogP contribution in [0.4, 0.5) is 10.1 Å². The first kappa shape index (κ1) is 21.6. The van der Waals surface area contributed by atoms with Crippen LogP contribution in [0.1, 0.15) is 43.6 Å². The number of nitrogens with zero attached hydrogens (tertiary/aromatic N) is 4. The maximum absolute atomic E-state index is 14.0. The van der Waals surface area contributed by atoms with Crippen molar-refractivity contribution in [1.82, 2.24) is 25.1 Å². The topological polar surface area (TPSA) is 105 Å². The number of carbonyl (C=O) groups is 1. The van der Waals surface area contributed by atoms with Gasteiger partial charge in [-0.25, -0.2) is 14.4 Å². The van der Waals surface area contributed by atoms with Crippen LogP contribution < -0.4 is 10.6 Å². The Balaban J connectivity index is 1.92. The van der Waals surface area contributed by atoms with Crippen LogP contribution in [0.15, 0.2) is 30.7 Å². The normalized spacial score (nSPS) is 12.9. The first-order chi connectivity index (χ1) is 14.1. The van der Waals surface area contributed by atoms with Crippen molar-refractivity contribution in [3.05, 3.63) is 41.9 Å². The van der Waals surface area contributed by atoms with Gasteiger partial charge in [-0.1, -0.05) is 0 Å². The SMILES string of the molecule is Cc1cnc2c(cnn2-c2cc(NC(C)C)c(C(=O)NCC(F)C(C)(C)O)cn2)c1. The summed E-state index contributed by atoms with van der Waals surface area (Å²) >= 11 is 0. The Bertz CT molecular complexity index is 1060. The van der Waals surface area contributed by atoms with E-state index in [1.54, 1.807) is 23.1 Å². The fraction of sp³-hybridized carbons (Fsp3) is 0.429. The highest BCUT2D eigenvalue weighted by molar-refractivity contribution is 5.99. The van der Waals surface area contributed by atoms with Crippen molar-refractivity contribution in [3.8, 4) is 5.82 Å². The van der Waals surface area contributed by atoms with Gasteiger partial charge in [0, 0.05) is 29.9 Å². The van der Waals surface area contributed by atoms with Crippen LogP contribution in [-0.2, 0) is 0 Å². The number of nitrogens with one attached hydrogen (secondary N) is 2. The fourth-order valence-electron chi connectivity index (χ4n) is 2.90. The Morgan fingerprint density at radius 3 is 2.63 bits per heavy atom. The number of halogens is 1. The third-order valence-corrected chi connectivity index (χ3v) is 4.55. The van der Waals surface area contributed by atoms with Gasteiger partial charge in [0.05, 0.1) is 29.6 Å². The minimum atomic E-state index is -1.60. The third kappa shape index (κ3) is 4.73. The molecule has 1 unspecified atom stereocenters. The molecule has 0 spiro atoms. The first-order valence-electron chi connectivity index (χ1n) is 9.78. The van der Waals surface area contributed by atoms with Crippen LogP contribution >= 0.6 is 0 Å². The zero-order valence-electron chi connectivity index (χ0n) is 17.8. The number of aryl methyl sites for hydroxylation is 1. The molecule has 0 saturated carbocycles. The third-order valence-electron chi connectivity index (χ3n) is 4.55. The highest BCUT2D eigenvalue weighted by Crippen LogP contribution is 2.22. The molecule has 0 saturated heterocycles. The Morgan fingerprint density at radius 2 is 1.97 bits per heavy atom. The van der Waals surface area contributed by atoms with Gasteiger partial charge in [-0.05, 0) is 46.2 Å². The second-order valence-electron chi connectivity index (χ2n) is 8.20. The predicted molar refractivity (Wildman–Crippen MR) is 114 cm³/mol. The van der Waals surface area contributed by atoms with E-state index in [9.17, 15) is 14.3 Å². The molecule has 0 bridgehead atoms. The van der Waals surface area contributed by atoms with Gasteiger partial charge < -0.3 is 15.7 Å². The standard InChI is InChI=1S/C21H27FN6O2/c1-12(2)27-16-7-18(28-19-14(9-26-28)6-13(3)8-24-19)23-10-15(16)20(29)25-11-17(22)21(4,5)30/h6-10,12,17,30H,11H2,1-5H3,(H,23,27)(H,25,29). The van der Waals surface area contributed by atoms with Gasteiger partial charge in [0.15, 0.2) is 11.5 Å². The molecule has 3 rings (SSSR count). The summed E-state index contributed by atoms with van der Waals surface area (Å²) in [6.45, 7) is 8.26. The van der Waals surface area contributed by atoms with Crippen LogP contribution in [0.2, 0.25) is 0 Å². The van der Waals surface area contributed by atoms with Crippen LogP contribution in [0, 0.1) is 6.92 Å². The van der Waals surface area contributed by atoms with Gasteiger partial charge in [-0.2, -0.15) is 9.78 Å². The van der Waals surface area contributed by atoms with Crippen LogP contribution in [0.5, 0.6) is 0 Å². The molecule has 3 aromatic heterocycles. The number of hydrogen-bond acceptors (Lipinski definition) is 6. The molecule has 0 aliphatic heterocycles. The zero-order valence-corrected chi connectivity index (χ0v) is 17.8.